The van der Waals surface area contributed by atoms with Crippen LogP contribution >= 0.6 is 0 Å². The fourth-order valence-electron chi connectivity index (χ4n) is 1.42. The number of carbonyl (C=O) groups excluding carboxylic acids is 1. The first-order valence-corrected chi connectivity index (χ1v) is 4.67. The Bertz CT molecular complexity index is 564. The summed E-state index contributed by atoms with van der Waals surface area (Å²) in [6.45, 7) is 3.19. The van der Waals surface area contributed by atoms with Gasteiger partial charge in [-0.2, -0.15) is 0 Å². The molecule has 1 radical (unpaired) electrons. The van der Waals surface area contributed by atoms with Gasteiger partial charge in [-0.15, -0.1) is 0 Å². The van der Waals surface area contributed by atoms with Gasteiger partial charge in [0.2, 0.25) is 0 Å². The number of phenolic OH excluding ortho intramolecular Hbond substituents is 1. The Kier molecular flexibility index (Phi) is 4.41. The monoisotopic (exact) mass is 316 g/mol. The Balaban J connectivity index is 0.00000144. The van der Waals surface area contributed by atoms with Gasteiger partial charge in [0.25, 0.3) is 0 Å². The zero-order valence-corrected chi connectivity index (χ0v) is 10.4. The van der Waals surface area contributed by atoms with Crippen molar-refractivity contribution < 1.29 is 34.1 Å². The molecule has 89 valence electrons. The topological polar surface area (TPSA) is 46.5 Å². The van der Waals surface area contributed by atoms with E-state index in [9.17, 15) is 9.90 Å². The molecule has 0 amide bonds. The molecule has 0 bridgehead atoms. The second kappa shape index (κ2) is 5.60. The van der Waals surface area contributed by atoms with Crippen molar-refractivity contribution in [1.29, 1.82) is 0 Å². The average Bonchev–Trinajstić information content (AvgIpc) is 2.28. The van der Waals surface area contributed by atoms with Crippen LogP contribution < -0.4 is 4.74 Å². The summed E-state index contributed by atoms with van der Waals surface area (Å²) in [5, 5.41) is 11.1. The fourth-order valence-corrected chi connectivity index (χ4v) is 1.42. The molecule has 2 rings (SSSR count). The maximum absolute atomic E-state index is 10.9. The minimum absolute atomic E-state index is 0. The summed E-state index contributed by atoms with van der Waals surface area (Å²) in [6, 6.07) is 10.1. The van der Waals surface area contributed by atoms with Gasteiger partial charge in [-0.3, -0.25) is 11.4 Å². The Hall–Kier alpha value is -1.67. The molecule has 2 aromatic rings. The van der Waals surface area contributed by atoms with Crippen LogP contribution in [0.3, 0.4) is 0 Å². The molecule has 0 unspecified atom stereocenters. The number of ether oxygens (including phenoxy) is 1. The molecule has 0 saturated heterocycles. The van der Waals surface area contributed by atoms with Gasteiger partial charge in [-0.25, -0.2) is 0 Å². The smallest absolute Gasteiger partial charge is 0.155 e. The molecule has 0 aliphatic rings. The number of fused-ring (bicyclic) bond motifs is 1. The number of hydrogen-bond acceptors (Lipinski definition) is 3. The largest absolute Gasteiger partial charge is 0.508 e. The standard InChI is InChI=1S/C13H9O3.Rh/c1-2-13(15)16-12-6-4-9-3-5-11(14)7-10(9)8-12;/h3-8,14H,1H2;/q-1;. The van der Waals surface area contributed by atoms with E-state index in [0.717, 1.165) is 10.8 Å². The number of benzene rings is 2. The Morgan fingerprint density at radius 1 is 1.18 bits per heavy atom. The second-order valence-corrected chi connectivity index (χ2v) is 3.26. The van der Waals surface area contributed by atoms with Crippen molar-refractivity contribution in [1.82, 2.24) is 0 Å². The van der Waals surface area contributed by atoms with Crippen LogP contribution in [0.4, 0.5) is 0 Å². The molecule has 4 heteroatoms. The van der Waals surface area contributed by atoms with E-state index in [2.05, 4.69) is 12.7 Å². The van der Waals surface area contributed by atoms with Crippen molar-refractivity contribution in [3.05, 3.63) is 49.1 Å². The number of carbonyl (C=O) groups is 1. The molecule has 17 heavy (non-hydrogen) atoms. The van der Waals surface area contributed by atoms with Crippen LogP contribution in [0, 0.1) is 6.08 Å². The first kappa shape index (κ1) is 13.4. The van der Waals surface area contributed by atoms with E-state index < -0.39 is 5.97 Å². The van der Waals surface area contributed by atoms with Crippen molar-refractivity contribution in [3.8, 4) is 11.5 Å². The third-order valence-corrected chi connectivity index (χ3v) is 2.15. The summed E-state index contributed by atoms with van der Waals surface area (Å²) in [6.07, 6.45) is 2.11. The maximum Gasteiger partial charge on any atom is 0.155 e. The minimum Gasteiger partial charge on any atom is -0.508 e. The maximum atomic E-state index is 10.9. The van der Waals surface area contributed by atoms with Crippen LogP contribution in [0.5, 0.6) is 11.5 Å². The van der Waals surface area contributed by atoms with Crippen molar-refractivity contribution >= 4 is 16.7 Å². The molecule has 0 saturated carbocycles. The van der Waals surface area contributed by atoms with Crippen LogP contribution in [0.15, 0.2) is 43.0 Å². The molecule has 3 nitrogen and oxygen atoms in total. The first-order chi connectivity index (χ1) is 7.69. The minimum atomic E-state index is -0.625. The quantitative estimate of drug-likeness (QED) is 0.304. The van der Waals surface area contributed by atoms with E-state index in [1.165, 1.54) is 0 Å². The summed E-state index contributed by atoms with van der Waals surface area (Å²) in [7, 11) is 0. The third kappa shape index (κ3) is 3.14. The molecule has 0 atom stereocenters. The second-order valence-electron chi connectivity index (χ2n) is 3.26. The molecular weight excluding hydrogens is 307 g/mol. The van der Waals surface area contributed by atoms with Gasteiger partial charge in [-0.05, 0) is 35.0 Å². The average molecular weight is 316 g/mol. The van der Waals surface area contributed by atoms with Crippen LogP contribution in [0.1, 0.15) is 0 Å². The van der Waals surface area contributed by atoms with Gasteiger partial charge in [0.15, 0.2) is 5.97 Å². The summed E-state index contributed by atoms with van der Waals surface area (Å²) >= 11 is 0. The van der Waals surface area contributed by atoms with Crippen molar-refractivity contribution in [2.24, 2.45) is 0 Å². The van der Waals surface area contributed by atoms with Gasteiger partial charge >= 0.3 is 0 Å². The number of phenols is 1. The summed E-state index contributed by atoms with van der Waals surface area (Å²) in [5.41, 5.74) is 0. The third-order valence-electron chi connectivity index (χ3n) is 2.15. The van der Waals surface area contributed by atoms with E-state index in [1.54, 1.807) is 36.4 Å². The van der Waals surface area contributed by atoms with E-state index in [-0.39, 0.29) is 25.2 Å². The molecule has 0 aliphatic heterocycles. The first-order valence-electron chi connectivity index (χ1n) is 4.67. The fraction of sp³-hybridized carbons (Fsp3) is 0. The van der Waals surface area contributed by atoms with Crippen molar-refractivity contribution in [3.63, 3.8) is 0 Å². The summed E-state index contributed by atoms with van der Waals surface area (Å²) < 4.78 is 4.92. The van der Waals surface area contributed by atoms with Crippen molar-refractivity contribution in [2.45, 2.75) is 0 Å². The molecule has 0 heterocycles. The van der Waals surface area contributed by atoms with E-state index in [4.69, 9.17) is 4.74 Å². The summed E-state index contributed by atoms with van der Waals surface area (Å²) in [5.74, 6) is -0.0509. The van der Waals surface area contributed by atoms with Crippen LogP contribution in [0.2, 0.25) is 0 Å². The van der Waals surface area contributed by atoms with Gasteiger partial charge < -0.3 is 15.9 Å². The zero-order chi connectivity index (χ0) is 11.5. The Labute approximate surface area is 111 Å². The predicted octanol–water partition coefficient (Wildman–Crippen LogP) is 2.44. The number of hydrogen-bond donors (Lipinski definition) is 1. The zero-order valence-electron chi connectivity index (χ0n) is 8.77. The normalized spacial score (nSPS) is 9.41. The van der Waals surface area contributed by atoms with Crippen LogP contribution in [-0.4, -0.2) is 11.1 Å². The summed E-state index contributed by atoms with van der Waals surface area (Å²) in [4.78, 5) is 10.9. The van der Waals surface area contributed by atoms with Crippen LogP contribution in [0.25, 0.3) is 10.8 Å². The predicted molar refractivity (Wildman–Crippen MR) is 60.1 cm³/mol. The molecule has 0 spiro atoms. The Morgan fingerprint density at radius 3 is 2.59 bits per heavy atom. The van der Waals surface area contributed by atoms with Crippen LogP contribution in [-0.2, 0) is 24.3 Å². The molecule has 0 fully saturated rings. The van der Waals surface area contributed by atoms with Gasteiger partial charge in [0, 0.05) is 19.5 Å². The number of aromatic hydroxyl groups is 1. The van der Waals surface area contributed by atoms with E-state index in [1.807, 2.05) is 0 Å². The molecule has 0 aromatic heterocycles. The number of rotatable bonds is 2. The van der Waals surface area contributed by atoms with Gasteiger partial charge in [-0.1, -0.05) is 12.1 Å². The molecule has 0 aliphatic carbocycles. The van der Waals surface area contributed by atoms with E-state index >= 15 is 0 Å². The molecular formula is C13H9O3Rh-. The Morgan fingerprint density at radius 2 is 1.88 bits per heavy atom. The number of esters is 1. The van der Waals surface area contributed by atoms with E-state index in [0.29, 0.717) is 5.75 Å². The molecule has 1 N–H and O–H groups in total. The molecule has 2 aromatic carbocycles. The SMILES string of the molecule is C=[C-]C(=O)Oc1ccc2ccc(O)cc2c1.[Rh]. The van der Waals surface area contributed by atoms with Crippen molar-refractivity contribution in [2.75, 3.05) is 0 Å². The van der Waals surface area contributed by atoms with Gasteiger partial charge in [0.05, 0.1) is 0 Å². The van der Waals surface area contributed by atoms with Gasteiger partial charge in [0.1, 0.15) is 11.5 Å².